The summed E-state index contributed by atoms with van der Waals surface area (Å²) in [5, 5.41) is 0.426. The van der Waals surface area contributed by atoms with Gasteiger partial charge in [-0.15, -0.1) is 0 Å². The summed E-state index contributed by atoms with van der Waals surface area (Å²) in [4.78, 5) is 25.6. The molecule has 0 spiro atoms. The molecule has 2 unspecified atom stereocenters. The molecule has 0 radical (unpaired) electrons. The second kappa shape index (κ2) is 11.2. The summed E-state index contributed by atoms with van der Waals surface area (Å²) in [5.41, 5.74) is 0.684. The standard InChI is InChI=1S/C19H18Cl2O3.H3OP/c1-12(2)11-24-19(23)16(13-7-4-3-5-8-13)18(22)17-14(20)9-6-10-15(17)21;1-2/h3-10,12,16H,11H2,1-2H3;2H3. The van der Waals surface area contributed by atoms with Crippen molar-refractivity contribution in [2.24, 2.45) is 5.92 Å². The van der Waals surface area contributed by atoms with Crippen LogP contribution in [0.3, 0.4) is 0 Å². The van der Waals surface area contributed by atoms with Gasteiger partial charge < -0.3 is 9.30 Å². The molecule has 0 N–H and O–H groups in total. The van der Waals surface area contributed by atoms with E-state index in [-0.39, 0.29) is 28.1 Å². The number of hydrogen-bond acceptors (Lipinski definition) is 4. The van der Waals surface area contributed by atoms with Gasteiger partial charge in [0.05, 0.1) is 31.3 Å². The number of benzene rings is 2. The quantitative estimate of drug-likeness (QED) is 0.285. The van der Waals surface area contributed by atoms with Crippen molar-refractivity contribution in [3.8, 4) is 0 Å². The van der Waals surface area contributed by atoms with Crippen LogP contribution in [-0.4, -0.2) is 18.4 Å². The van der Waals surface area contributed by atoms with Crippen molar-refractivity contribution >= 4 is 44.1 Å². The Bertz CT molecular complexity index is 730. The summed E-state index contributed by atoms with van der Waals surface area (Å²) < 4.78 is 13.6. The lowest BCUT2D eigenvalue weighted by Gasteiger charge is -2.17. The molecule has 0 saturated heterocycles. The van der Waals surface area contributed by atoms with Crippen molar-refractivity contribution in [2.75, 3.05) is 6.61 Å². The second-order valence-corrected chi connectivity index (χ2v) is 6.64. The van der Waals surface area contributed by atoms with Gasteiger partial charge in [-0.1, -0.05) is 73.4 Å². The molecule has 2 aromatic rings. The Morgan fingerprint density at radius 2 is 1.50 bits per heavy atom. The molecule has 0 bridgehead atoms. The average Bonchev–Trinajstić information content (AvgIpc) is 2.62. The van der Waals surface area contributed by atoms with E-state index in [9.17, 15) is 9.59 Å². The van der Waals surface area contributed by atoms with Crippen molar-refractivity contribution in [2.45, 2.75) is 19.8 Å². The lowest BCUT2D eigenvalue weighted by molar-refractivity contribution is -0.145. The lowest BCUT2D eigenvalue weighted by Crippen LogP contribution is -2.26. The Labute approximate surface area is 165 Å². The molecule has 4 nitrogen and oxygen atoms in total. The zero-order chi connectivity index (χ0) is 19.7. The van der Waals surface area contributed by atoms with E-state index in [1.54, 1.807) is 42.5 Å². The maximum atomic E-state index is 13.0. The number of rotatable bonds is 6. The van der Waals surface area contributed by atoms with Gasteiger partial charge in [0, 0.05) is 0 Å². The first-order valence-electron chi connectivity index (χ1n) is 7.90. The number of halogens is 2. The van der Waals surface area contributed by atoms with Crippen LogP contribution >= 0.6 is 32.3 Å². The summed E-state index contributed by atoms with van der Waals surface area (Å²) in [7, 11) is 0.611. The van der Waals surface area contributed by atoms with Crippen LogP contribution in [0.2, 0.25) is 10.0 Å². The Balaban J connectivity index is 0.00000163. The first kappa shape index (κ1) is 22.4. The Hall–Kier alpha value is -1.61. The summed E-state index contributed by atoms with van der Waals surface area (Å²) >= 11 is 12.3. The number of carbonyl (C=O) groups excluding carboxylic acids is 2. The van der Waals surface area contributed by atoms with Gasteiger partial charge in [0.2, 0.25) is 0 Å². The molecule has 0 aliphatic rings. The van der Waals surface area contributed by atoms with Gasteiger partial charge in [-0.2, -0.15) is 0 Å². The largest absolute Gasteiger partial charge is 0.465 e. The van der Waals surface area contributed by atoms with Crippen LogP contribution in [-0.2, 0) is 14.1 Å². The third-order valence-corrected chi connectivity index (χ3v) is 4.03. The molecule has 7 heteroatoms. The zero-order valence-corrected chi connectivity index (χ0v) is 17.5. The van der Waals surface area contributed by atoms with Gasteiger partial charge in [0.1, 0.15) is 5.92 Å². The zero-order valence-electron chi connectivity index (χ0n) is 14.6. The molecular weight excluding hydrogens is 394 g/mol. The highest BCUT2D eigenvalue weighted by atomic mass is 35.5. The number of Topliss-reactive ketones (excluding diaryl/α,β-unsaturated/α-hetero) is 1. The van der Waals surface area contributed by atoms with E-state index in [4.69, 9.17) is 32.5 Å². The topological polar surface area (TPSA) is 60.4 Å². The van der Waals surface area contributed by atoms with Crippen LogP contribution in [0.1, 0.15) is 35.7 Å². The molecular formula is C19H21Cl2O4P. The SMILES string of the molecule is CC(C)COC(=O)C(C(=O)c1c(Cl)cccc1Cl)c1ccccc1.O=[PH3]. The second-order valence-electron chi connectivity index (χ2n) is 5.83. The molecule has 0 heterocycles. The number of ketones is 1. The predicted octanol–water partition coefficient (Wildman–Crippen LogP) is 5.10. The van der Waals surface area contributed by atoms with Gasteiger partial charge in [0.25, 0.3) is 0 Å². The van der Waals surface area contributed by atoms with Gasteiger partial charge in [-0.05, 0) is 23.6 Å². The first-order valence-corrected chi connectivity index (χ1v) is 9.23. The molecule has 0 saturated carbocycles. The van der Waals surface area contributed by atoms with E-state index in [1.807, 2.05) is 19.9 Å². The van der Waals surface area contributed by atoms with E-state index in [1.165, 1.54) is 0 Å². The number of ether oxygens (including phenoxy) is 1. The van der Waals surface area contributed by atoms with Crippen molar-refractivity contribution in [3.05, 3.63) is 69.7 Å². The number of esters is 1. The molecule has 0 fully saturated rings. The van der Waals surface area contributed by atoms with E-state index in [0.717, 1.165) is 0 Å². The van der Waals surface area contributed by atoms with Crippen molar-refractivity contribution in [3.63, 3.8) is 0 Å². The Morgan fingerprint density at radius 1 is 0.962 bits per heavy atom. The molecule has 0 aromatic heterocycles. The monoisotopic (exact) mass is 414 g/mol. The molecule has 26 heavy (non-hydrogen) atoms. The van der Waals surface area contributed by atoms with Crippen LogP contribution in [0.25, 0.3) is 0 Å². The minimum absolute atomic E-state index is 0.135. The predicted molar refractivity (Wildman–Crippen MR) is 108 cm³/mol. The fourth-order valence-electron chi connectivity index (χ4n) is 2.25. The highest BCUT2D eigenvalue weighted by Crippen LogP contribution is 2.31. The molecule has 2 atom stereocenters. The van der Waals surface area contributed by atoms with E-state index in [2.05, 4.69) is 0 Å². The van der Waals surface area contributed by atoms with Crippen LogP contribution in [0.4, 0.5) is 0 Å². The van der Waals surface area contributed by atoms with E-state index in [0.29, 0.717) is 14.7 Å². The summed E-state index contributed by atoms with van der Waals surface area (Å²) in [6.07, 6.45) is 0. The summed E-state index contributed by atoms with van der Waals surface area (Å²) in [6, 6.07) is 13.6. The van der Waals surface area contributed by atoms with E-state index < -0.39 is 17.7 Å². The van der Waals surface area contributed by atoms with Crippen molar-refractivity contribution < 1.29 is 18.9 Å². The highest BCUT2D eigenvalue weighted by Gasteiger charge is 2.33. The number of hydrogen-bond donors (Lipinski definition) is 0. The lowest BCUT2D eigenvalue weighted by atomic mass is 9.90. The van der Waals surface area contributed by atoms with Crippen LogP contribution < -0.4 is 0 Å². The number of carbonyl (C=O) groups is 2. The molecule has 0 amide bonds. The first-order chi connectivity index (χ1) is 12.4. The third kappa shape index (κ3) is 5.98. The molecule has 0 aliphatic heterocycles. The van der Waals surface area contributed by atoms with Crippen LogP contribution in [0.15, 0.2) is 48.5 Å². The van der Waals surface area contributed by atoms with E-state index >= 15 is 0 Å². The maximum absolute atomic E-state index is 13.0. The van der Waals surface area contributed by atoms with Gasteiger partial charge in [-0.3, -0.25) is 9.59 Å². The highest BCUT2D eigenvalue weighted by molar-refractivity contribution is 7.00. The molecule has 2 rings (SSSR count). The summed E-state index contributed by atoms with van der Waals surface area (Å²) in [6.45, 7) is 4.10. The van der Waals surface area contributed by atoms with Crippen molar-refractivity contribution in [1.29, 1.82) is 0 Å². The summed E-state index contributed by atoms with van der Waals surface area (Å²) in [5.74, 6) is -1.99. The molecule has 2 aromatic carbocycles. The van der Waals surface area contributed by atoms with Gasteiger partial charge in [-0.25, -0.2) is 0 Å². The minimum Gasteiger partial charge on any atom is -0.465 e. The average molecular weight is 415 g/mol. The molecule has 0 aliphatic carbocycles. The fourth-order valence-corrected chi connectivity index (χ4v) is 2.83. The maximum Gasteiger partial charge on any atom is 0.321 e. The van der Waals surface area contributed by atoms with Gasteiger partial charge >= 0.3 is 5.97 Å². The van der Waals surface area contributed by atoms with Gasteiger partial charge in [0.15, 0.2) is 5.78 Å². The normalized spacial score (nSPS) is 11.4. The Kier molecular flexibility index (Phi) is 9.64. The van der Waals surface area contributed by atoms with Crippen molar-refractivity contribution in [1.82, 2.24) is 0 Å². The van der Waals surface area contributed by atoms with Crippen LogP contribution in [0.5, 0.6) is 0 Å². The minimum atomic E-state index is -1.10. The fraction of sp³-hybridized carbons (Fsp3) is 0.263. The third-order valence-electron chi connectivity index (χ3n) is 3.40. The Morgan fingerprint density at radius 3 is 2.00 bits per heavy atom. The molecule has 140 valence electrons. The smallest absolute Gasteiger partial charge is 0.321 e. The van der Waals surface area contributed by atoms with Crippen LogP contribution in [0, 0.1) is 5.92 Å².